The molecule has 0 aromatic heterocycles. The number of anilines is 1. The molecule has 0 aliphatic rings. The van der Waals surface area contributed by atoms with Crippen LogP contribution in [0, 0.1) is 0 Å². The van der Waals surface area contributed by atoms with Crippen molar-refractivity contribution < 1.29 is 19.1 Å². The molecule has 8 nitrogen and oxygen atoms in total. The monoisotopic (exact) mass is 384 g/mol. The van der Waals surface area contributed by atoms with Crippen LogP contribution in [-0.2, 0) is 20.8 Å². The highest BCUT2D eigenvalue weighted by Gasteiger charge is 2.07. The van der Waals surface area contributed by atoms with Gasteiger partial charge in [0.1, 0.15) is 5.75 Å². The fraction of sp³-hybridized carbons (Fsp3) is 0.250. The van der Waals surface area contributed by atoms with Crippen molar-refractivity contribution in [2.45, 2.75) is 12.8 Å². The Kier molecular flexibility index (Phi) is 8.32. The number of methoxy groups -OCH3 is 1. The fourth-order valence-electron chi connectivity index (χ4n) is 2.30. The summed E-state index contributed by atoms with van der Waals surface area (Å²) in [5.74, 6) is -0.222. The number of hydrazine groups is 1. The van der Waals surface area contributed by atoms with Crippen molar-refractivity contribution in [2.75, 3.05) is 25.5 Å². The molecule has 148 valence electrons. The second-order valence-corrected chi connectivity index (χ2v) is 5.94. The highest BCUT2D eigenvalue weighted by Crippen LogP contribution is 2.14. The van der Waals surface area contributed by atoms with Gasteiger partial charge >= 0.3 is 0 Å². The normalized spacial score (nSPS) is 9.89. The molecule has 0 spiro atoms. The van der Waals surface area contributed by atoms with Crippen molar-refractivity contribution in [1.29, 1.82) is 0 Å². The lowest BCUT2D eigenvalue weighted by Crippen LogP contribution is -2.45. The number of ether oxygens (including phenoxy) is 1. The van der Waals surface area contributed by atoms with Crippen LogP contribution in [0.1, 0.15) is 12.0 Å². The van der Waals surface area contributed by atoms with Crippen molar-refractivity contribution >= 4 is 23.4 Å². The van der Waals surface area contributed by atoms with Crippen molar-refractivity contribution in [2.24, 2.45) is 0 Å². The molecule has 4 N–H and O–H groups in total. The molecule has 0 aliphatic heterocycles. The SMILES string of the molecule is COc1ccc(NCC(=O)NNC(=O)CCNC(=O)Cc2ccccc2)cc1. The number of benzene rings is 2. The zero-order valence-electron chi connectivity index (χ0n) is 15.7. The molecular formula is C20H24N4O4. The van der Waals surface area contributed by atoms with Gasteiger partial charge in [0.05, 0.1) is 20.1 Å². The van der Waals surface area contributed by atoms with E-state index in [0.29, 0.717) is 0 Å². The molecule has 2 rings (SSSR count). The predicted molar refractivity (Wildman–Crippen MR) is 106 cm³/mol. The van der Waals surface area contributed by atoms with Gasteiger partial charge in [0.2, 0.25) is 11.8 Å². The van der Waals surface area contributed by atoms with Crippen LogP contribution in [0.2, 0.25) is 0 Å². The summed E-state index contributed by atoms with van der Waals surface area (Å²) in [6.45, 7) is 0.192. The van der Waals surface area contributed by atoms with Gasteiger partial charge in [0.25, 0.3) is 5.91 Å². The summed E-state index contributed by atoms with van der Waals surface area (Å²) in [4.78, 5) is 35.3. The summed E-state index contributed by atoms with van der Waals surface area (Å²) in [5, 5.41) is 5.60. The van der Waals surface area contributed by atoms with Gasteiger partial charge in [-0.05, 0) is 29.8 Å². The van der Waals surface area contributed by atoms with Gasteiger partial charge in [-0.15, -0.1) is 0 Å². The van der Waals surface area contributed by atoms with Gasteiger partial charge in [-0.3, -0.25) is 25.2 Å². The van der Waals surface area contributed by atoms with Gasteiger partial charge in [0.15, 0.2) is 0 Å². The van der Waals surface area contributed by atoms with Gasteiger partial charge in [-0.25, -0.2) is 0 Å². The summed E-state index contributed by atoms with van der Waals surface area (Å²) in [7, 11) is 1.58. The summed E-state index contributed by atoms with van der Waals surface area (Å²) in [6, 6.07) is 16.4. The van der Waals surface area contributed by atoms with Crippen LogP contribution >= 0.6 is 0 Å². The van der Waals surface area contributed by atoms with Crippen molar-refractivity contribution in [3.05, 3.63) is 60.2 Å². The first-order chi connectivity index (χ1) is 13.6. The van der Waals surface area contributed by atoms with Crippen LogP contribution in [0.5, 0.6) is 5.75 Å². The molecule has 0 unspecified atom stereocenters. The van der Waals surface area contributed by atoms with Crippen molar-refractivity contribution in [3.63, 3.8) is 0 Å². The largest absolute Gasteiger partial charge is 0.497 e. The molecule has 0 radical (unpaired) electrons. The molecule has 2 aromatic rings. The Hall–Kier alpha value is -3.55. The van der Waals surface area contributed by atoms with E-state index in [2.05, 4.69) is 21.5 Å². The van der Waals surface area contributed by atoms with E-state index in [1.54, 1.807) is 31.4 Å². The zero-order valence-corrected chi connectivity index (χ0v) is 15.7. The summed E-state index contributed by atoms with van der Waals surface area (Å²) in [5.41, 5.74) is 6.28. The zero-order chi connectivity index (χ0) is 20.2. The molecule has 2 aromatic carbocycles. The Labute approximate surface area is 163 Å². The smallest absolute Gasteiger partial charge is 0.257 e. The van der Waals surface area contributed by atoms with E-state index < -0.39 is 11.8 Å². The quantitative estimate of drug-likeness (QED) is 0.483. The lowest BCUT2D eigenvalue weighted by Gasteiger charge is -2.10. The Morgan fingerprint density at radius 1 is 0.857 bits per heavy atom. The minimum atomic E-state index is -0.391. The Bertz CT molecular complexity index is 779. The first-order valence-corrected chi connectivity index (χ1v) is 8.83. The maximum Gasteiger partial charge on any atom is 0.257 e. The Balaban J connectivity index is 1.57. The van der Waals surface area contributed by atoms with Gasteiger partial charge in [-0.1, -0.05) is 30.3 Å². The van der Waals surface area contributed by atoms with Crippen molar-refractivity contribution in [1.82, 2.24) is 16.2 Å². The van der Waals surface area contributed by atoms with Gasteiger partial charge in [-0.2, -0.15) is 0 Å². The van der Waals surface area contributed by atoms with E-state index in [1.807, 2.05) is 30.3 Å². The summed E-state index contributed by atoms with van der Waals surface area (Å²) >= 11 is 0. The van der Waals surface area contributed by atoms with Gasteiger partial charge < -0.3 is 15.4 Å². The Morgan fingerprint density at radius 2 is 1.54 bits per heavy atom. The van der Waals surface area contributed by atoms with Crippen LogP contribution < -0.4 is 26.2 Å². The van der Waals surface area contributed by atoms with Crippen LogP contribution in [-0.4, -0.2) is 37.9 Å². The third-order valence-electron chi connectivity index (χ3n) is 3.77. The molecule has 8 heteroatoms. The maximum absolute atomic E-state index is 11.8. The second-order valence-electron chi connectivity index (χ2n) is 5.94. The summed E-state index contributed by atoms with van der Waals surface area (Å²) in [6.07, 6.45) is 0.322. The average molecular weight is 384 g/mol. The molecular weight excluding hydrogens is 360 g/mol. The number of amides is 3. The second kappa shape index (κ2) is 11.2. The number of carbonyl (C=O) groups excluding carboxylic acids is 3. The summed E-state index contributed by atoms with van der Waals surface area (Å²) < 4.78 is 5.06. The average Bonchev–Trinajstić information content (AvgIpc) is 2.71. The molecule has 0 aliphatic carbocycles. The number of hydrogen-bond donors (Lipinski definition) is 4. The van der Waals surface area contributed by atoms with E-state index in [9.17, 15) is 14.4 Å². The van der Waals surface area contributed by atoms with E-state index >= 15 is 0 Å². The number of carbonyl (C=O) groups is 3. The molecule has 0 heterocycles. The van der Waals surface area contributed by atoms with Gasteiger partial charge in [0, 0.05) is 18.7 Å². The Morgan fingerprint density at radius 3 is 2.21 bits per heavy atom. The third kappa shape index (κ3) is 7.77. The molecule has 28 heavy (non-hydrogen) atoms. The van der Waals surface area contributed by atoms with E-state index in [-0.39, 0.29) is 31.8 Å². The molecule has 0 bridgehead atoms. The van der Waals surface area contributed by atoms with Crippen LogP contribution in [0.3, 0.4) is 0 Å². The highest BCUT2D eigenvalue weighted by molar-refractivity contribution is 5.85. The van der Waals surface area contributed by atoms with E-state index in [4.69, 9.17) is 4.74 Å². The topological polar surface area (TPSA) is 109 Å². The molecule has 3 amide bonds. The lowest BCUT2D eigenvalue weighted by molar-refractivity contribution is -0.128. The van der Waals surface area contributed by atoms with Crippen LogP contribution in [0.15, 0.2) is 54.6 Å². The molecule has 0 saturated heterocycles. The minimum Gasteiger partial charge on any atom is -0.497 e. The molecule has 0 saturated carbocycles. The first kappa shape index (κ1) is 20.8. The van der Waals surface area contributed by atoms with E-state index in [0.717, 1.165) is 17.0 Å². The lowest BCUT2D eigenvalue weighted by atomic mass is 10.1. The maximum atomic E-state index is 11.8. The highest BCUT2D eigenvalue weighted by atomic mass is 16.5. The fourth-order valence-corrected chi connectivity index (χ4v) is 2.30. The molecule has 0 atom stereocenters. The van der Waals surface area contributed by atoms with Crippen LogP contribution in [0.4, 0.5) is 5.69 Å². The van der Waals surface area contributed by atoms with E-state index in [1.165, 1.54) is 0 Å². The number of rotatable bonds is 9. The first-order valence-electron chi connectivity index (χ1n) is 8.83. The molecule has 0 fully saturated rings. The van der Waals surface area contributed by atoms with Crippen LogP contribution in [0.25, 0.3) is 0 Å². The third-order valence-corrected chi connectivity index (χ3v) is 3.77. The minimum absolute atomic E-state index is 0.000417. The predicted octanol–water partition coefficient (Wildman–Crippen LogP) is 1.00. The van der Waals surface area contributed by atoms with Crippen molar-refractivity contribution in [3.8, 4) is 5.75 Å². The number of hydrogen-bond acceptors (Lipinski definition) is 5. The standard InChI is InChI=1S/C20H24N4O4/c1-28-17-9-7-16(8-10-17)22-14-20(27)24-23-18(25)11-12-21-19(26)13-15-5-3-2-4-6-15/h2-10,22H,11-14H2,1H3,(H,21,26)(H,23,25)(H,24,27). The number of nitrogens with one attached hydrogen (secondary N) is 4.